The number of amides is 1. The summed E-state index contributed by atoms with van der Waals surface area (Å²) in [6.07, 6.45) is 4.64. The van der Waals surface area contributed by atoms with Crippen molar-refractivity contribution >= 4 is 17.7 Å². The van der Waals surface area contributed by atoms with Gasteiger partial charge in [-0.25, -0.2) is 0 Å². The Balaban J connectivity index is 4.57. The highest BCUT2D eigenvalue weighted by Crippen LogP contribution is 2.30. The lowest BCUT2D eigenvalue weighted by Gasteiger charge is -2.31. The molecule has 0 aliphatic rings. The highest BCUT2D eigenvalue weighted by Gasteiger charge is 2.33. The van der Waals surface area contributed by atoms with Gasteiger partial charge in [-0.3, -0.25) is 4.79 Å². The molecule has 1 amide bonds. The molecule has 0 radical (unpaired) electrons. The van der Waals surface area contributed by atoms with Crippen LogP contribution in [0.3, 0.4) is 0 Å². The molecule has 0 aliphatic heterocycles. The fraction of sp³-hybridized carbons (Fsp3) is 0.846. The van der Waals surface area contributed by atoms with E-state index in [9.17, 15) is 4.79 Å². The molecule has 4 heteroatoms. The van der Waals surface area contributed by atoms with Gasteiger partial charge in [-0.2, -0.15) is 17.0 Å². The van der Waals surface area contributed by atoms with Crippen LogP contribution in [-0.4, -0.2) is 23.5 Å². The molecule has 0 saturated heterocycles. The Morgan fingerprint density at radius 1 is 1.29 bits per heavy atom. The van der Waals surface area contributed by atoms with Gasteiger partial charge in [0, 0.05) is 11.3 Å². The average molecular weight is 256 g/mol. The number of hydrogen-bond acceptors (Lipinski definition) is 3. The van der Waals surface area contributed by atoms with Crippen LogP contribution < -0.4 is 5.32 Å². The van der Waals surface area contributed by atoms with E-state index in [1.165, 1.54) is 0 Å². The summed E-state index contributed by atoms with van der Waals surface area (Å²) in [5.41, 5.74) is -0.897. The van der Waals surface area contributed by atoms with Crippen LogP contribution in [0.15, 0.2) is 0 Å². The molecule has 0 rings (SSSR count). The summed E-state index contributed by atoms with van der Waals surface area (Å²) < 4.78 is 0.0970. The monoisotopic (exact) mass is 256 g/mol. The van der Waals surface area contributed by atoms with E-state index in [1.54, 1.807) is 18.7 Å². The molecule has 0 aromatic rings. The van der Waals surface area contributed by atoms with E-state index >= 15 is 0 Å². The Labute approximate surface area is 109 Å². The summed E-state index contributed by atoms with van der Waals surface area (Å²) in [7, 11) is 0. The lowest BCUT2D eigenvalue weighted by molar-refractivity contribution is -0.127. The number of hydrogen-bond donors (Lipinski definition) is 1. The molecule has 0 aromatic carbocycles. The quantitative estimate of drug-likeness (QED) is 0.762. The molecule has 3 nitrogen and oxygen atoms in total. The van der Waals surface area contributed by atoms with Crippen LogP contribution in [0, 0.1) is 16.7 Å². The van der Waals surface area contributed by atoms with Gasteiger partial charge in [0.2, 0.25) is 5.91 Å². The summed E-state index contributed by atoms with van der Waals surface area (Å²) in [4.78, 5) is 12.0. The molecular weight excluding hydrogens is 232 g/mol. The summed E-state index contributed by atoms with van der Waals surface area (Å²) in [6.45, 7) is 8.47. The molecule has 1 atom stereocenters. The van der Waals surface area contributed by atoms with Crippen LogP contribution in [-0.2, 0) is 4.79 Å². The molecule has 0 aromatic heterocycles. The third-order valence-electron chi connectivity index (χ3n) is 3.75. The zero-order chi connectivity index (χ0) is 13.5. The number of nitriles is 1. The Bertz CT molecular complexity index is 286. The number of rotatable bonds is 7. The van der Waals surface area contributed by atoms with Crippen molar-refractivity contribution in [2.24, 2.45) is 5.41 Å². The Morgan fingerprint density at radius 2 is 1.82 bits per heavy atom. The van der Waals surface area contributed by atoms with Gasteiger partial charge < -0.3 is 5.32 Å². The lowest BCUT2D eigenvalue weighted by Crippen LogP contribution is -2.45. The Hall–Kier alpha value is -0.690. The SMILES string of the molecule is CCC(CC)(CNC(=O)C(C)(C#N)CC)SC. The first-order chi connectivity index (χ1) is 7.93. The van der Waals surface area contributed by atoms with Gasteiger partial charge in [0.1, 0.15) is 5.41 Å². The predicted octanol–water partition coefficient (Wildman–Crippen LogP) is 2.96. The van der Waals surface area contributed by atoms with Crippen molar-refractivity contribution < 1.29 is 4.79 Å². The number of carbonyl (C=O) groups is 1. The van der Waals surface area contributed by atoms with E-state index in [0.717, 1.165) is 12.8 Å². The fourth-order valence-corrected chi connectivity index (χ4v) is 2.38. The zero-order valence-electron chi connectivity index (χ0n) is 11.6. The van der Waals surface area contributed by atoms with E-state index in [2.05, 4.69) is 31.5 Å². The minimum atomic E-state index is -0.897. The first kappa shape index (κ1) is 16.3. The maximum absolute atomic E-state index is 12.0. The van der Waals surface area contributed by atoms with Gasteiger partial charge in [0.25, 0.3) is 0 Å². The first-order valence-electron chi connectivity index (χ1n) is 6.18. The Kier molecular flexibility index (Phi) is 6.62. The van der Waals surface area contributed by atoms with Gasteiger partial charge >= 0.3 is 0 Å². The molecule has 0 saturated carbocycles. The molecule has 17 heavy (non-hydrogen) atoms. The van der Waals surface area contributed by atoms with E-state index in [4.69, 9.17) is 5.26 Å². The van der Waals surface area contributed by atoms with E-state index in [1.807, 2.05) is 6.92 Å². The summed E-state index contributed by atoms with van der Waals surface area (Å²) in [5, 5.41) is 12.0. The average Bonchev–Trinajstić information content (AvgIpc) is 2.39. The second-order valence-electron chi connectivity index (χ2n) is 4.57. The molecule has 0 bridgehead atoms. The number of carbonyl (C=O) groups excluding carboxylic acids is 1. The second-order valence-corrected chi connectivity index (χ2v) is 5.85. The third kappa shape index (κ3) is 3.92. The maximum atomic E-state index is 12.0. The lowest BCUT2D eigenvalue weighted by atomic mass is 9.88. The van der Waals surface area contributed by atoms with Gasteiger partial charge in [-0.05, 0) is 32.4 Å². The molecule has 0 heterocycles. The maximum Gasteiger partial charge on any atom is 0.240 e. The molecule has 0 spiro atoms. The van der Waals surface area contributed by atoms with E-state index in [-0.39, 0.29) is 10.7 Å². The molecule has 0 fully saturated rings. The smallest absolute Gasteiger partial charge is 0.240 e. The summed E-state index contributed by atoms with van der Waals surface area (Å²) >= 11 is 1.79. The molecule has 1 unspecified atom stereocenters. The highest BCUT2D eigenvalue weighted by atomic mass is 32.2. The van der Waals surface area contributed by atoms with Gasteiger partial charge in [0.05, 0.1) is 6.07 Å². The van der Waals surface area contributed by atoms with Gasteiger partial charge in [-0.15, -0.1) is 0 Å². The molecule has 1 N–H and O–H groups in total. The van der Waals surface area contributed by atoms with Crippen molar-refractivity contribution in [3.63, 3.8) is 0 Å². The normalized spacial score (nSPS) is 14.8. The first-order valence-corrected chi connectivity index (χ1v) is 7.40. The Morgan fingerprint density at radius 3 is 2.12 bits per heavy atom. The molecule has 98 valence electrons. The summed E-state index contributed by atoms with van der Waals surface area (Å²) in [5.74, 6) is -0.150. The van der Waals surface area contributed by atoms with Crippen molar-refractivity contribution in [2.75, 3.05) is 12.8 Å². The minimum absolute atomic E-state index is 0.0970. The van der Waals surface area contributed by atoms with Crippen molar-refractivity contribution in [2.45, 2.75) is 51.7 Å². The predicted molar refractivity (Wildman–Crippen MR) is 73.8 cm³/mol. The van der Waals surface area contributed by atoms with Crippen LogP contribution in [0.25, 0.3) is 0 Å². The third-order valence-corrected chi connectivity index (χ3v) is 5.34. The standard InChI is InChI=1S/C13H24N2OS/c1-6-12(4,9-14)11(16)15-10-13(7-2,8-3)17-5/h6-8,10H2,1-5H3,(H,15,16). The van der Waals surface area contributed by atoms with Crippen LogP contribution in [0.5, 0.6) is 0 Å². The van der Waals surface area contributed by atoms with Gasteiger partial charge in [0.15, 0.2) is 0 Å². The van der Waals surface area contributed by atoms with Crippen molar-refractivity contribution in [1.82, 2.24) is 5.32 Å². The zero-order valence-corrected chi connectivity index (χ0v) is 12.4. The van der Waals surface area contributed by atoms with Crippen LogP contribution in [0.4, 0.5) is 0 Å². The van der Waals surface area contributed by atoms with Crippen LogP contribution in [0.1, 0.15) is 47.0 Å². The highest BCUT2D eigenvalue weighted by molar-refractivity contribution is 8.00. The molecule has 0 aliphatic carbocycles. The van der Waals surface area contributed by atoms with Gasteiger partial charge in [-0.1, -0.05) is 20.8 Å². The molecular formula is C13H24N2OS. The van der Waals surface area contributed by atoms with E-state index < -0.39 is 5.41 Å². The largest absolute Gasteiger partial charge is 0.353 e. The van der Waals surface area contributed by atoms with Crippen LogP contribution >= 0.6 is 11.8 Å². The van der Waals surface area contributed by atoms with Crippen molar-refractivity contribution in [3.05, 3.63) is 0 Å². The fourth-order valence-electron chi connectivity index (χ4n) is 1.59. The summed E-state index contributed by atoms with van der Waals surface area (Å²) in [6, 6.07) is 2.10. The van der Waals surface area contributed by atoms with Crippen LogP contribution in [0.2, 0.25) is 0 Å². The number of thioether (sulfide) groups is 1. The number of nitrogens with one attached hydrogen (secondary N) is 1. The van der Waals surface area contributed by atoms with E-state index in [0.29, 0.717) is 13.0 Å². The number of nitrogens with zero attached hydrogens (tertiary/aromatic N) is 1. The van der Waals surface area contributed by atoms with Crippen molar-refractivity contribution in [1.29, 1.82) is 5.26 Å². The topological polar surface area (TPSA) is 52.9 Å². The second kappa shape index (κ2) is 6.90. The van der Waals surface area contributed by atoms with Crippen molar-refractivity contribution in [3.8, 4) is 6.07 Å². The minimum Gasteiger partial charge on any atom is -0.353 e.